The van der Waals surface area contributed by atoms with E-state index in [1.54, 1.807) is 66.4 Å². The lowest BCUT2D eigenvalue weighted by molar-refractivity contribution is -0.143. The minimum Gasteiger partial charge on any atom is -0.459 e. The fourth-order valence-corrected chi connectivity index (χ4v) is 6.18. The van der Waals surface area contributed by atoms with Gasteiger partial charge in [0.15, 0.2) is 4.80 Å². The second kappa shape index (κ2) is 9.92. The van der Waals surface area contributed by atoms with Gasteiger partial charge in [0.1, 0.15) is 0 Å². The van der Waals surface area contributed by atoms with Crippen molar-refractivity contribution in [3.63, 3.8) is 0 Å². The molecule has 3 heterocycles. The van der Waals surface area contributed by atoms with Crippen molar-refractivity contribution in [2.75, 3.05) is 6.26 Å². The molecule has 2 aromatic heterocycles. The van der Waals surface area contributed by atoms with Gasteiger partial charge in [-0.2, -0.15) is 0 Å². The lowest BCUT2D eigenvalue weighted by Gasteiger charge is -2.25. The number of fused-ring (bicyclic) bond motifs is 2. The third kappa shape index (κ3) is 4.37. The molecule has 0 amide bonds. The van der Waals surface area contributed by atoms with E-state index in [1.807, 2.05) is 48.7 Å². The lowest BCUT2D eigenvalue weighted by atomic mass is 9.96. The Kier molecular flexibility index (Phi) is 6.79. The molecule has 0 bridgehead atoms. The fourth-order valence-electron chi connectivity index (χ4n) is 4.73. The second-order valence-corrected chi connectivity index (χ2v) is 11.3. The van der Waals surface area contributed by atoms with Gasteiger partial charge in [-0.05, 0) is 68.5 Å². The maximum atomic E-state index is 13.9. The first kappa shape index (κ1) is 26.0. The first-order valence-corrected chi connectivity index (χ1v) is 14.2. The van der Waals surface area contributed by atoms with Gasteiger partial charge in [-0.25, -0.2) is 14.6 Å². The molecule has 10 heteroatoms. The molecule has 0 saturated heterocycles. The minimum atomic E-state index is -0.659. The number of imidazole rings is 1. The monoisotopic (exact) mass is 548 g/mol. The van der Waals surface area contributed by atoms with Crippen LogP contribution < -0.4 is 20.6 Å². The van der Waals surface area contributed by atoms with Gasteiger partial charge in [-0.15, -0.1) is 11.8 Å². The number of carbonyl (C=O) groups is 1. The number of rotatable bonds is 5. The van der Waals surface area contributed by atoms with E-state index in [0.717, 1.165) is 27.1 Å². The van der Waals surface area contributed by atoms with Crippen LogP contribution in [0.1, 0.15) is 37.9 Å². The molecule has 0 N–H and O–H groups in total. The molecule has 4 aromatic rings. The summed E-state index contributed by atoms with van der Waals surface area (Å²) >= 11 is 2.90. The van der Waals surface area contributed by atoms with Gasteiger partial charge in [0, 0.05) is 19.0 Å². The van der Waals surface area contributed by atoms with Gasteiger partial charge in [-0.3, -0.25) is 18.5 Å². The van der Waals surface area contributed by atoms with Crippen molar-refractivity contribution in [2.24, 2.45) is 19.1 Å². The third-order valence-corrected chi connectivity index (χ3v) is 8.34. The molecule has 1 aliphatic rings. The van der Waals surface area contributed by atoms with Crippen molar-refractivity contribution >= 4 is 46.2 Å². The van der Waals surface area contributed by atoms with Gasteiger partial charge < -0.3 is 4.74 Å². The van der Waals surface area contributed by atoms with Crippen LogP contribution in [0.3, 0.4) is 0 Å². The van der Waals surface area contributed by atoms with Gasteiger partial charge in [0.2, 0.25) is 0 Å². The van der Waals surface area contributed by atoms with Gasteiger partial charge in [-0.1, -0.05) is 29.5 Å². The number of hydrogen-bond donors (Lipinski definition) is 0. The third-order valence-electron chi connectivity index (χ3n) is 6.61. The van der Waals surface area contributed by atoms with Crippen LogP contribution in [-0.2, 0) is 23.6 Å². The summed E-state index contributed by atoms with van der Waals surface area (Å²) < 4.78 is 10.8. The lowest BCUT2D eigenvalue weighted by Crippen LogP contribution is -2.40. The summed E-state index contributed by atoms with van der Waals surface area (Å²) in [6.07, 6.45) is 3.49. The molecular weight excluding hydrogens is 520 g/mol. The van der Waals surface area contributed by atoms with E-state index in [-0.39, 0.29) is 17.4 Å². The number of aromatic nitrogens is 3. The Morgan fingerprint density at radius 1 is 1.08 bits per heavy atom. The molecule has 1 unspecified atom stereocenters. The van der Waals surface area contributed by atoms with Gasteiger partial charge in [0.25, 0.3) is 5.56 Å². The summed E-state index contributed by atoms with van der Waals surface area (Å²) in [7, 11) is 3.46. The summed E-state index contributed by atoms with van der Waals surface area (Å²) in [4.78, 5) is 45.7. The van der Waals surface area contributed by atoms with Crippen molar-refractivity contribution in [1.82, 2.24) is 13.7 Å². The molecule has 8 nitrogen and oxygen atoms in total. The zero-order chi connectivity index (χ0) is 27.3. The molecule has 0 aliphatic carbocycles. The molecule has 2 aromatic carbocycles. The maximum Gasteiger partial charge on any atom is 0.338 e. The molecule has 1 aliphatic heterocycles. The highest BCUT2D eigenvalue weighted by atomic mass is 32.2. The largest absolute Gasteiger partial charge is 0.459 e. The maximum absolute atomic E-state index is 13.9. The molecule has 0 spiro atoms. The second-order valence-electron chi connectivity index (χ2n) is 9.46. The number of thiazole rings is 1. The van der Waals surface area contributed by atoms with Crippen molar-refractivity contribution in [3.05, 3.63) is 95.0 Å². The summed E-state index contributed by atoms with van der Waals surface area (Å²) in [6.45, 7) is 5.37. The van der Waals surface area contributed by atoms with Crippen LogP contribution in [-0.4, -0.2) is 32.0 Å². The Morgan fingerprint density at radius 2 is 1.76 bits per heavy atom. The number of esters is 1. The normalized spacial score (nSPS) is 15.8. The number of thioether (sulfide) groups is 1. The zero-order valence-corrected chi connectivity index (χ0v) is 23.6. The molecule has 1 atom stereocenters. The standard InChI is InChI=1S/C28H28N4O4S2/c1-15(2)36-26(34)23-16(3)29-27-32(24(23)18-8-10-19(37-6)11-9-18)25(33)22(38-27)14-17-7-12-20-21(13-17)31(5)28(35)30(20)4/h7-15,24H,1-6H3. The predicted molar refractivity (Wildman–Crippen MR) is 151 cm³/mol. The molecule has 38 heavy (non-hydrogen) atoms. The molecule has 0 fully saturated rings. The van der Waals surface area contributed by atoms with E-state index in [9.17, 15) is 14.4 Å². The number of benzene rings is 2. The van der Waals surface area contributed by atoms with Crippen LogP contribution in [0.2, 0.25) is 0 Å². The van der Waals surface area contributed by atoms with Gasteiger partial charge in [0.05, 0.1) is 39.0 Å². The number of nitrogens with zero attached hydrogens (tertiary/aromatic N) is 4. The average molecular weight is 549 g/mol. The predicted octanol–water partition coefficient (Wildman–Crippen LogP) is 3.10. The van der Waals surface area contributed by atoms with E-state index in [4.69, 9.17) is 4.74 Å². The van der Waals surface area contributed by atoms with E-state index in [2.05, 4.69) is 4.99 Å². The molecule has 5 rings (SSSR count). The minimum absolute atomic E-state index is 0.111. The number of allylic oxidation sites excluding steroid dienone is 1. The SMILES string of the molecule is CSc1ccc(C2C(C(=O)OC(C)C)=C(C)N=c3sc(=Cc4ccc5c(c4)n(C)c(=O)n5C)c(=O)n32)cc1. The van der Waals surface area contributed by atoms with Crippen molar-refractivity contribution in [1.29, 1.82) is 0 Å². The zero-order valence-electron chi connectivity index (χ0n) is 22.0. The molecular formula is C28H28N4O4S2. The molecule has 0 radical (unpaired) electrons. The summed E-state index contributed by atoms with van der Waals surface area (Å²) in [6, 6.07) is 12.8. The summed E-state index contributed by atoms with van der Waals surface area (Å²) in [5.41, 5.74) is 3.73. The van der Waals surface area contributed by atoms with Crippen molar-refractivity contribution < 1.29 is 9.53 Å². The van der Waals surface area contributed by atoms with Crippen molar-refractivity contribution in [3.8, 4) is 0 Å². The van der Waals surface area contributed by atoms with Crippen LogP contribution in [0.5, 0.6) is 0 Å². The number of hydrogen-bond acceptors (Lipinski definition) is 7. The van der Waals surface area contributed by atoms with E-state index >= 15 is 0 Å². The number of carbonyl (C=O) groups excluding carboxylic acids is 1. The van der Waals surface area contributed by atoms with Crippen molar-refractivity contribution in [2.45, 2.75) is 37.8 Å². The summed E-state index contributed by atoms with van der Waals surface area (Å²) in [5, 5.41) is 0. The van der Waals surface area contributed by atoms with E-state index in [0.29, 0.717) is 20.6 Å². The van der Waals surface area contributed by atoms with Crippen LogP contribution in [0, 0.1) is 0 Å². The smallest absolute Gasteiger partial charge is 0.338 e. The van der Waals surface area contributed by atoms with E-state index < -0.39 is 12.0 Å². The Morgan fingerprint density at radius 3 is 2.42 bits per heavy atom. The fraction of sp³-hybridized carbons (Fsp3) is 0.286. The Balaban J connectivity index is 1.70. The Labute approximate surface area is 227 Å². The quantitative estimate of drug-likeness (QED) is 0.283. The Hall–Kier alpha value is -3.63. The highest BCUT2D eigenvalue weighted by molar-refractivity contribution is 7.98. The van der Waals surface area contributed by atoms with Crippen LogP contribution in [0.25, 0.3) is 17.1 Å². The highest BCUT2D eigenvalue weighted by Crippen LogP contribution is 2.32. The first-order chi connectivity index (χ1) is 18.1. The highest BCUT2D eigenvalue weighted by Gasteiger charge is 2.33. The van der Waals surface area contributed by atoms with Crippen LogP contribution in [0.15, 0.2) is 73.2 Å². The topological polar surface area (TPSA) is 87.6 Å². The summed E-state index contributed by atoms with van der Waals surface area (Å²) in [5.74, 6) is -0.482. The van der Waals surface area contributed by atoms with Gasteiger partial charge >= 0.3 is 11.7 Å². The van der Waals surface area contributed by atoms with Crippen LogP contribution in [0.4, 0.5) is 0 Å². The van der Waals surface area contributed by atoms with E-state index in [1.165, 1.54) is 11.3 Å². The number of ether oxygens (including phenoxy) is 1. The molecule has 196 valence electrons. The first-order valence-electron chi connectivity index (χ1n) is 12.1. The average Bonchev–Trinajstić information content (AvgIpc) is 3.30. The Bertz CT molecular complexity index is 1850. The number of aryl methyl sites for hydroxylation is 2. The van der Waals surface area contributed by atoms with Crippen LogP contribution >= 0.6 is 23.1 Å². The molecule has 0 saturated carbocycles.